The summed E-state index contributed by atoms with van der Waals surface area (Å²) < 4.78 is 0. The summed E-state index contributed by atoms with van der Waals surface area (Å²) in [5.41, 5.74) is 0. The van der Waals surface area contributed by atoms with Crippen LogP contribution in [0.4, 0.5) is 0 Å². The van der Waals surface area contributed by atoms with Gasteiger partial charge in [-0.05, 0) is 19.8 Å². The summed E-state index contributed by atoms with van der Waals surface area (Å²) in [4.78, 5) is 22.1. The molecule has 1 fully saturated rings. The van der Waals surface area contributed by atoms with E-state index in [-0.39, 0.29) is 11.7 Å². The molecule has 1 aliphatic rings. The Morgan fingerprint density at radius 2 is 2.00 bits per heavy atom. The fraction of sp³-hybridized carbons (Fsp3) is 0.818. The number of aliphatic carboxylic acids is 1. The van der Waals surface area contributed by atoms with E-state index in [1.807, 2.05) is 0 Å². The van der Waals surface area contributed by atoms with Crippen LogP contribution in [0.1, 0.15) is 39.0 Å². The van der Waals surface area contributed by atoms with Crippen molar-refractivity contribution in [3.63, 3.8) is 0 Å². The van der Waals surface area contributed by atoms with Crippen LogP contribution >= 0.6 is 11.8 Å². The topological polar surface area (TPSA) is 66.4 Å². The van der Waals surface area contributed by atoms with Crippen LogP contribution in [0.5, 0.6) is 0 Å². The fourth-order valence-corrected chi connectivity index (χ4v) is 2.42. The van der Waals surface area contributed by atoms with Gasteiger partial charge in [0.25, 0.3) is 0 Å². The summed E-state index contributed by atoms with van der Waals surface area (Å²) in [5, 5.41) is 11.1. The van der Waals surface area contributed by atoms with Crippen LogP contribution in [0.3, 0.4) is 0 Å². The highest BCUT2D eigenvalue weighted by Gasteiger charge is 2.17. The van der Waals surface area contributed by atoms with Gasteiger partial charge in [0.05, 0.1) is 11.0 Å². The van der Waals surface area contributed by atoms with Gasteiger partial charge in [-0.2, -0.15) is 0 Å². The first-order valence-corrected chi connectivity index (χ1v) is 6.78. The fourth-order valence-electron chi connectivity index (χ4n) is 1.79. The van der Waals surface area contributed by atoms with Gasteiger partial charge in [-0.1, -0.05) is 19.3 Å². The molecule has 1 unspecified atom stereocenters. The Balaban J connectivity index is 2.17. The Morgan fingerprint density at radius 1 is 1.38 bits per heavy atom. The van der Waals surface area contributed by atoms with Gasteiger partial charge >= 0.3 is 5.97 Å². The zero-order valence-corrected chi connectivity index (χ0v) is 10.4. The third kappa shape index (κ3) is 4.88. The van der Waals surface area contributed by atoms with Gasteiger partial charge in [-0.25, -0.2) is 0 Å². The molecule has 1 rings (SSSR count). The molecule has 0 bridgehead atoms. The van der Waals surface area contributed by atoms with Gasteiger partial charge in [0.1, 0.15) is 0 Å². The molecule has 0 aromatic heterocycles. The second-order valence-electron chi connectivity index (χ2n) is 4.19. The number of carboxylic acid groups (broad SMARTS) is 1. The predicted octanol–water partition coefficient (Wildman–Crippen LogP) is 1.64. The van der Waals surface area contributed by atoms with Gasteiger partial charge < -0.3 is 10.4 Å². The minimum Gasteiger partial charge on any atom is -0.480 e. The lowest BCUT2D eigenvalue weighted by Gasteiger charge is -2.22. The van der Waals surface area contributed by atoms with E-state index in [9.17, 15) is 9.59 Å². The maximum Gasteiger partial charge on any atom is 0.316 e. The molecule has 2 N–H and O–H groups in total. The maximum absolute atomic E-state index is 11.5. The predicted molar refractivity (Wildman–Crippen MR) is 64.6 cm³/mol. The van der Waals surface area contributed by atoms with E-state index >= 15 is 0 Å². The summed E-state index contributed by atoms with van der Waals surface area (Å²) >= 11 is 1.17. The molecule has 92 valence electrons. The molecule has 0 aliphatic heterocycles. The third-order valence-corrected chi connectivity index (χ3v) is 3.91. The molecule has 16 heavy (non-hydrogen) atoms. The number of thioether (sulfide) groups is 1. The first kappa shape index (κ1) is 13.4. The average Bonchev–Trinajstić information content (AvgIpc) is 2.27. The van der Waals surface area contributed by atoms with Gasteiger partial charge in [-0.3, -0.25) is 9.59 Å². The van der Waals surface area contributed by atoms with E-state index in [1.165, 1.54) is 31.0 Å². The van der Waals surface area contributed by atoms with Gasteiger partial charge in [0.15, 0.2) is 0 Å². The molecule has 5 heteroatoms. The lowest BCUT2D eigenvalue weighted by molar-refractivity contribution is -0.136. The van der Waals surface area contributed by atoms with E-state index in [4.69, 9.17) is 5.11 Å². The Labute approximate surface area is 100 Å². The SMILES string of the molecule is CC(SCC(=O)NC1CCCCC1)C(=O)O. The van der Waals surface area contributed by atoms with E-state index in [2.05, 4.69) is 5.32 Å². The summed E-state index contributed by atoms with van der Waals surface area (Å²) in [6.45, 7) is 1.60. The van der Waals surface area contributed by atoms with Crippen molar-refractivity contribution >= 4 is 23.6 Å². The second-order valence-corrected chi connectivity index (χ2v) is 5.52. The van der Waals surface area contributed by atoms with Crippen LogP contribution in [0.25, 0.3) is 0 Å². The third-order valence-electron chi connectivity index (χ3n) is 2.78. The lowest BCUT2D eigenvalue weighted by atomic mass is 9.95. The zero-order valence-electron chi connectivity index (χ0n) is 9.57. The maximum atomic E-state index is 11.5. The molecule has 0 saturated heterocycles. The summed E-state index contributed by atoms with van der Waals surface area (Å²) in [5.74, 6) is -0.662. The van der Waals surface area contributed by atoms with Crippen LogP contribution in [0.2, 0.25) is 0 Å². The Kier molecular flexibility index (Phi) is 5.66. The number of carbonyl (C=O) groups is 2. The van der Waals surface area contributed by atoms with Gasteiger partial charge in [0.2, 0.25) is 5.91 Å². The highest BCUT2D eigenvalue weighted by molar-refractivity contribution is 8.01. The lowest BCUT2D eigenvalue weighted by Crippen LogP contribution is -2.37. The second kappa shape index (κ2) is 6.78. The van der Waals surface area contributed by atoms with E-state index in [0.29, 0.717) is 6.04 Å². The van der Waals surface area contributed by atoms with Crippen molar-refractivity contribution in [2.75, 3.05) is 5.75 Å². The largest absolute Gasteiger partial charge is 0.480 e. The highest BCUT2D eigenvalue weighted by Crippen LogP contribution is 2.17. The molecule has 0 heterocycles. The van der Waals surface area contributed by atoms with Gasteiger partial charge in [0, 0.05) is 6.04 Å². The normalized spacial score (nSPS) is 19.1. The zero-order chi connectivity index (χ0) is 12.0. The Bertz CT molecular complexity index is 252. The standard InChI is InChI=1S/C11H19NO3S/c1-8(11(14)15)16-7-10(13)12-9-5-3-2-4-6-9/h8-9H,2-7H2,1H3,(H,12,13)(H,14,15). The van der Waals surface area contributed by atoms with E-state index in [1.54, 1.807) is 6.92 Å². The number of carboxylic acids is 1. The molecule has 1 amide bonds. The van der Waals surface area contributed by atoms with Crippen LogP contribution in [0.15, 0.2) is 0 Å². The minimum absolute atomic E-state index is 0.0370. The van der Waals surface area contributed by atoms with Crippen molar-refractivity contribution in [1.29, 1.82) is 0 Å². The van der Waals surface area contributed by atoms with Gasteiger partial charge in [-0.15, -0.1) is 11.8 Å². The quantitative estimate of drug-likeness (QED) is 0.772. The first-order valence-electron chi connectivity index (χ1n) is 5.73. The molecule has 1 aliphatic carbocycles. The van der Waals surface area contributed by atoms with Crippen molar-refractivity contribution in [2.24, 2.45) is 0 Å². The molecule has 1 atom stereocenters. The molecular weight excluding hydrogens is 226 g/mol. The summed E-state index contributed by atoms with van der Waals surface area (Å²) in [6.07, 6.45) is 5.75. The summed E-state index contributed by atoms with van der Waals surface area (Å²) in [6, 6.07) is 0.307. The number of rotatable bonds is 5. The van der Waals surface area contributed by atoms with Crippen LogP contribution in [-0.2, 0) is 9.59 Å². The van der Waals surface area contributed by atoms with E-state index in [0.717, 1.165) is 12.8 Å². The van der Waals surface area contributed by atoms with Crippen molar-refractivity contribution in [3.05, 3.63) is 0 Å². The number of hydrogen-bond acceptors (Lipinski definition) is 3. The minimum atomic E-state index is -0.865. The smallest absolute Gasteiger partial charge is 0.316 e. The van der Waals surface area contributed by atoms with E-state index < -0.39 is 11.2 Å². The number of amides is 1. The van der Waals surface area contributed by atoms with Crippen molar-refractivity contribution in [1.82, 2.24) is 5.32 Å². The molecule has 0 radical (unpaired) electrons. The van der Waals surface area contributed by atoms with Crippen molar-refractivity contribution in [2.45, 2.75) is 50.3 Å². The van der Waals surface area contributed by atoms with Crippen LogP contribution in [-0.4, -0.2) is 34.0 Å². The number of hydrogen-bond donors (Lipinski definition) is 2. The van der Waals surface area contributed by atoms with Crippen molar-refractivity contribution in [3.8, 4) is 0 Å². The Hall–Kier alpha value is -0.710. The Morgan fingerprint density at radius 3 is 2.56 bits per heavy atom. The molecule has 0 aromatic rings. The monoisotopic (exact) mass is 245 g/mol. The number of carbonyl (C=O) groups excluding carboxylic acids is 1. The molecule has 1 saturated carbocycles. The molecule has 4 nitrogen and oxygen atoms in total. The highest BCUT2D eigenvalue weighted by atomic mass is 32.2. The molecule has 0 spiro atoms. The molecular formula is C11H19NO3S. The first-order chi connectivity index (χ1) is 7.59. The summed E-state index contributed by atoms with van der Waals surface area (Å²) in [7, 11) is 0. The van der Waals surface area contributed by atoms with Crippen LogP contribution in [0, 0.1) is 0 Å². The van der Waals surface area contributed by atoms with Crippen LogP contribution < -0.4 is 5.32 Å². The average molecular weight is 245 g/mol. The van der Waals surface area contributed by atoms with Crippen molar-refractivity contribution < 1.29 is 14.7 Å². The molecule has 0 aromatic carbocycles. The number of nitrogens with one attached hydrogen (secondary N) is 1.